The summed E-state index contributed by atoms with van der Waals surface area (Å²) in [5, 5.41) is 4.03. The van der Waals surface area contributed by atoms with Gasteiger partial charge >= 0.3 is 0 Å². The molecule has 0 N–H and O–H groups in total. The molecule has 1 aromatic heterocycles. The fourth-order valence-corrected chi connectivity index (χ4v) is 2.80. The van der Waals surface area contributed by atoms with E-state index in [0.717, 1.165) is 57.0 Å². The van der Waals surface area contributed by atoms with Crippen molar-refractivity contribution in [3.63, 3.8) is 0 Å². The van der Waals surface area contributed by atoms with E-state index in [-0.39, 0.29) is 5.82 Å². The number of nitrogens with zero attached hydrogens (tertiary/aromatic N) is 4. The van der Waals surface area contributed by atoms with Crippen LogP contribution in [0.25, 0.3) is 0 Å². The van der Waals surface area contributed by atoms with E-state index in [1.54, 1.807) is 0 Å². The van der Waals surface area contributed by atoms with Crippen LogP contribution in [0.15, 0.2) is 28.8 Å². The lowest BCUT2D eigenvalue weighted by Crippen LogP contribution is -2.46. The summed E-state index contributed by atoms with van der Waals surface area (Å²) < 4.78 is 18.3. The zero-order valence-corrected chi connectivity index (χ0v) is 13.5. The van der Waals surface area contributed by atoms with E-state index in [0.29, 0.717) is 12.4 Å². The summed E-state index contributed by atoms with van der Waals surface area (Å²) in [6.45, 7) is 6.57. The Kier molecular flexibility index (Phi) is 5.23. The molecule has 0 bridgehead atoms. The summed E-state index contributed by atoms with van der Waals surface area (Å²) in [5.74, 6) is 1.32. The Balaban J connectivity index is 1.49. The number of aryl methyl sites for hydroxylation is 1. The SMILES string of the molecule is CCCCc1noc(CN2CCN(c3ccc(F)cc3)CC2)n1. The summed E-state index contributed by atoms with van der Waals surface area (Å²) in [6.07, 6.45) is 3.11. The number of anilines is 1. The standard InChI is InChI=1S/C17H23FN4O/c1-2-3-4-16-19-17(23-20-16)13-21-9-11-22(12-10-21)15-7-5-14(18)6-8-15/h5-8H,2-4,9-13H2,1H3. The molecule has 2 aromatic rings. The number of halogens is 1. The van der Waals surface area contributed by atoms with Crippen LogP contribution in [0.3, 0.4) is 0 Å². The number of piperazine rings is 1. The summed E-state index contributed by atoms with van der Waals surface area (Å²) >= 11 is 0. The second-order valence-electron chi connectivity index (χ2n) is 5.95. The summed E-state index contributed by atoms with van der Waals surface area (Å²) in [7, 11) is 0. The average molecular weight is 318 g/mol. The Morgan fingerprint density at radius 2 is 1.87 bits per heavy atom. The zero-order chi connectivity index (χ0) is 16.1. The molecule has 1 fully saturated rings. The lowest BCUT2D eigenvalue weighted by molar-refractivity contribution is 0.215. The van der Waals surface area contributed by atoms with Crippen LogP contribution >= 0.6 is 0 Å². The highest BCUT2D eigenvalue weighted by molar-refractivity contribution is 5.46. The van der Waals surface area contributed by atoms with Crippen molar-refractivity contribution in [2.75, 3.05) is 31.1 Å². The van der Waals surface area contributed by atoms with Crippen molar-refractivity contribution in [2.45, 2.75) is 32.7 Å². The fourth-order valence-electron chi connectivity index (χ4n) is 2.80. The monoisotopic (exact) mass is 318 g/mol. The molecule has 3 rings (SSSR count). The van der Waals surface area contributed by atoms with Crippen LogP contribution in [0.5, 0.6) is 0 Å². The maximum atomic E-state index is 13.0. The number of aromatic nitrogens is 2. The highest BCUT2D eigenvalue weighted by Crippen LogP contribution is 2.17. The first-order valence-electron chi connectivity index (χ1n) is 8.29. The van der Waals surface area contributed by atoms with Crippen molar-refractivity contribution >= 4 is 5.69 Å². The van der Waals surface area contributed by atoms with Gasteiger partial charge in [0.15, 0.2) is 5.82 Å². The van der Waals surface area contributed by atoms with Crippen LogP contribution in [-0.4, -0.2) is 41.2 Å². The van der Waals surface area contributed by atoms with Crippen LogP contribution < -0.4 is 4.90 Å². The maximum Gasteiger partial charge on any atom is 0.240 e. The lowest BCUT2D eigenvalue weighted by Gasteiger charge is -2.35. The van der Waals surface area contributed by atoms with E-state index in [1.807, 2.05) is 12.1 Å². The largest absolute Gasteiger partial charge is 0.369 e. The minimum absolute atomic E-state index is 0.192. The van der Waals surface area contributed by atoms with Crippen LogP contribution in [0, 0.1) is 5.82 Å². The van der Waals surface area contributed by atoms with E-state index < -0.39 is 0 Å². The third kappa shape index (κ3) is 4.28. The molecule has 0 spiro atoms. The Labute approximate surface area is 136 Å². The zero-order valence-electron chi connectivity index (χ0n) is 13.5. The van der Waals surface area contributed by atoms with Crippen molar-refractivity contribution < 1.29 is 8.91 Å². The molecule has 0 radical (unpaired) electrons. The van der Waals surface area contributed by atoms with Gasteiger partial charge in [-0.05, 0) is 30.7 Å². The minimum atomic E-state index is -0.192. The molecule has 0 saturated carbocycles. The Hall–Kier alpha value is -1.95. The molecular weight excluding hydrogens is 295 g/mol. The first-order valence-corrected chi connectivity index (χ1v) is 8.29. The molecule has 124 valence electrons. The molecule has 0 atom stereocenters. The molecular formula is C17H23FN4O. The van der Waals surface area contributed by atoms with Crippen LogP contribution in [-0.2, 0) is 13.0 Å². The van der Waals surface area contributed by atoms with E-state index in [2.05, 4.69) is 26.9 Å². The Morgan fingerprint density at radius 3 is 2.57 bits per heavy atom. The minimum Gasteiger partial charge on any atom is -0.369 e. The van der Waals surface area contributed by atoms with Crippen molar-refractivity contribution in [2.24, 2.45) is 0 Å². The second kappa shape index (κ2) is 7.55. The van der Waals surface area contributed by atoms with E-state index >= 15 is 0 Å². The molecule has 0 aliphatic carbocycles. The van der Waals surface area contributed by atoms with Gasteiger partial charge < -0.3 is 9.42 Å². The quantitative estimate of drug-likeness (QED) is 0.819. The van der Waals surface area contributed by atoms with E-state index in [9.17, 15) is 4.39 Å². The highest BCUT2D eigenvalue weighted by Gasteiger charge is 2.19. The molecule has 6 heteroatoms. The third-order valence-electron chi connectivity index (χ3n) is 4.19. The summed E-state index contributed by atoms with van der Waals surface area (Å²) in [4.78, 5) is 9.04. The molecule has 0 amide bonds. The van der Waals surface area contributed by atoms with Crippen molar-refractivity contribution in [3.8, 4) is 0 Å². The van der Waals surface area contributed by atoms with Gasteiger partial charge in [0.2, 0.25) is 5.89 Å². The van der Waals surface area contributed by atoms with Gasteiger partial charge in [-0.3, -0.25) is 4.90 Å². The van der Waals surface area contributed by atoms with Crippen LogP contribution in [0.4, 0.5) is 10.1 Å². The predicted molar refractivity (Wildman–Crippen MR) is 86.8 cm³/mol. The van der Waals surface area contributed by atoms with Gasteiger partial charge in [-0.25, -0.2) is 4.39 Å². The topological polar surface area (TPSA) is 45.4 Å². The number of unbranched alkanes of at least 4 members (excludes halogenated alkanes) is 1. The molecule has 0 unspecified atom stereocenters. The third-order valence-corrected chi connectivity index (χ3v) is 4.19. The van der Waals surface area contributed by atoms with E-state index in [1.165, 1.54) is 12.1 Å². The van der Waals surface area contributed by atoms with Gasteiger partial charge in [0, 0.05) is 38.3 Å². The van der Waals surface area contributed by atoms with Gasteiger partial charge in [-0.1, -0.05) is 18.5 Å². The van der Waals surface area contributed by atoms with Crippen LogP contribution in [0.2, 0.25) is 0 Å². The Morgan fingerprint density at radius 1 is 1.13 bits per heavy atom. The Bertz CT molecular complexity index is 605. The van der Waals surface area contributed by atoms with Crippen molar-refractivity contribution in [1.29, 1.82) is 0 Å². The highest BCUT2D eigenvalue weighted by atomic mass is 19.1. The molecule has 1 aromatic carbocycles. The number of benzene rings is 1. The average Bonchev–Trinajstić information content (AvgIpc) is 3.02. The summed E-state index contributed by atoms with van der Waals surface area (Å²) in [6, 6.07) is 6.70. The van der Waals surface area contributed by atoms with Gasteiger partial charge in [-0.15, -0.1) is 0 Å². The van der Waals surface area contributed by atoms with Crippen LogP contribution in [0.1, 0.15) is 31.5 Å². The maximum absolute atomic E-state index is 13.0. The summed E-state index contributed by atoms with van der Waals surface area (Å²) in [5.41, 5.74) is 1.07. The predicted octanol–water partition coefficient (Wildman–Crippen LogP) is 2.87. The first kappa shape index (κ1) is 15.9. The molecule has 2 heterocycles. The van der Waals surface area contributed by atoms with E-state index in [4.69, 9.17) is 4.52 Å². The number of hydrogen-bond donors (Lipinski definition) is 0. The first-order chi connectivity index (χ1) is 11.2. The molecule has 1 aliphatic heterocycles. The van der Waals surface area contributed by atoms with Gasteiger partial charge in [0.1, 0.15) is 5.82 Å². The normalized spacial score (nSPS) is 16.0. The van der Waals surface area contributed by atoms with Gasteiger partial charge in [0.25, 0.3) is 0 Å². The number of rotatable bonds is 6. The molecule has 1 aliphatic rings. The van der Waals surface area contributed by atoms with Crippen molar-refractivity contribution in [3.05, 3.63) is 41.8 Å². The lowest BCUT2D eigenvalue weighted by atomic mass is 10.2. The second-order valence-corrected chi connectivity index (χ2v) is 5.95. The fraction of sp³-hybridized carbons (Fsp3) is 0.529. The van der Waals surface area contributed by atoms with Gasteiger partial charge in [-0.2, -0.15) is 4.98 Å². The molecule has 5 nitrogen and oxygen atoms in total. The number of hydrogen-bond acceptors (Lipinski definition) is 5. The molecule has 23 heavy (non-hydrogen) atoms. The van der Waals surface area contributed by atoms with Crippen molar-refractivity contribution in [1.82, 2.24) is 15.0 Å². The smallest absolute Gasteiger partial charge is 0.240 e. The molecule has 1 saturated heterocycles. The van der Waals surface area contributed by atoms with Gasteiger partial charge in [0.05, 0.1) is 6.54 Å².